The third-order valence-electron chi connectivity index (χ3n) is 2.46. The molecule has 0 heterocycles. The van der Waals surface area contributed by atoms with Gasteiger partial charge in [0.1, 0.15) is 5.78 Å². The van der Waals surface area contributed by atoms with E-state index in [1.807, 2.05) is 0 Å². The van der Waals surface area contributed by atoms with Crippen LogP contribution in [0.4, 0.5) is 13.2 Å². The molecule has 0 aromatic heterocycles. The Morgan fingerprint density at radius 1 is 1.28 bits per heavy atom. The second-order valence-corrected chi connectivity index (χ2v) is 6.41. The second kappa shape index (κ2) is 5.13. The standard InChI is InChI=1S/C12H12ClF3OS/c1-7(17)11(2,3)18-8-4-5-10(13)9(6-8)12(14,15)16/h4-6H,1-3H3. The molecule has 0 aliphatic rings. The van der Waals surface area contributed by atoms with Crippen LogP contribution < -0.4 is 0 Å². The van der Waals surface area contributed by atoms with E-state index >= 15 is 0 Å². The minimum absolute atomic E-state index is 0.101. The van der Waals surface area contributed by atoms with Gasteiger partial charge in [-0.3, -0.25) is 4.79 Å². The maximum absolute atomic E-state index is 12.7. The number of carbonyl (C=O) groups is 1. The smallest absolute Gasteiger partial charge is 0.298 e. The lowest BCUT2D eigenvalue weighted by atomic mass is 10.1. The molecule has 1 aromatic rings. The van der Waals surface area contributed by atoms with Gasteiger partial charge in [-0.05, 0) is 39.0 Å². The lowest BCUT2D eigenvalue weighted by Gasteiger charge is -2.21. The van der Waals surface area contributed by atoms with E-state index in [9.17, 15) is 18.0 Å². The van der Waals surface area contributed by atoms with E-state index in [1.54, 1.807) is 13.8 Å². The van der Waals surface area contributed by atoms with Crippen LogP contribution in [0, 0.1) is 0 Å². The summed E-state index contributed by atoms with van der Waals surface area (Å²) in [5.41, 5.74) is -0.881. The summed E-state index contributed by atoms with van der Waals surface area (Å²) >= 11 is 6.60. The van der Waals surface area contributed by atoms with Crippen LogP contribution in [0.1, 0.15) is 26.3 Å². The van der Waals surface area contributed by atoms with Crippen LogP contribution >= 0.6 is 23.4 Å². The predicted octanol–water partition coefficient (Wildman–Crippen LogP) is 4.82. The van der Waals surface area contributed by atoms with Gasteiger partial charge in [-0.1, -0.05) is 11.6 Å². The van der Waals surface area contributed by atoms with Crippen LogP contribution in [0.5, 0.6) is 0 Å². The van der Waals surface area contributed by atoms with E-state index in [4.69, 9.17) is 11.6 Å². The van der Waals surface area contributed by atoms with Gasteiger partial charge in [-0.25, -0.2) is 0 Å². The molecule has 0 aliphatic heterocycles. The summed E-state index contributed by atoms with van der Waals surface area (Å²) in [4.78, 5) is 11.7. The first-order valence-electron chi connectivity index (χ1n) is 5.11. The third-order valence-corrected chi connectivity index (χ3v) is 4.08. The number of Topliss-reactive ketones (excluding diaryl/α,β-unsaturated/α-hetero) is 1. The van der Waals surface area contributed by atoms with Crippen molar-refractivity contribution in [2.75, 3.05) is 0 Å². The molecule has 1 rings (SSSR count). The van der Waals surface area contributed by atoms with Crippen molar-refractivity contribution in [1.82, 2.24) is 0 Å². The Kier molecular flexibility index (Phi) is 4.38. The van der Waals surface area contributed by atoms with Crippen molar-refractivity contribution >= 4 is 29.1 Å². The highest BCUT2D eigenvalue weighted by Gasteiger charge is 2.34. The van der Waals surface area contributed by atoms with E-state index in [2.05, 4.69) is 0 Å². The molecule has 0 saturated heterocycles. The van der Waals surface area contributed by atoms with Crippen molar-refractivity contribution in [3.63, 3.8) is 0 Å². The van der Waals surface area contributed by atoms with Crippen LogP contribution in [0.3, 0.4) is 0 Å². The summed E-state index contributed by atoms with van der Waals surface area (Å²) in [6.07, 6.45) is -4.49. The third kappa shape index (κ3) is 3.65. The summed E-state index contributed by atoms with van der Waals surface area (Å²) in [7, 11) is 0. The predicted molar refractivity (Wildman–Crippen MR) is 67.1 cm³/mol. The van der Waals surface area contributed by atoms with Gasteiger partial charge >= 0.3 is 6.18 Å². The molecule has 0 spiro atoms. The maximum atomic E-state index is 12.7. The number of rotatable bonds is 3. The van der Waals surface area contributed by atoms with Crippen molar-refractivity contribution in [2.45, 2.75) is 36.6 Å². The van der Waals surface area contributed by atoms with E-state index in [0.717, 1.165) is 17.8 Å². The number of hydrogen-bond donors (Lipinski definition) is 0. The molecule has 0 atom stereocenters. The Morgan fingerprint density at radius 2 is 1.83 bits per heavy atom. The van der Waals surface area contributed by atoms with Crippen molar-refractivity contribution in [2.24, 2.45) is 0 Å². The average Bonchev–Trinajstić information content (AvgIpc) is 2.18. The lowest BCUT2D eigenvalue weighted by molar-refractivity contribution is -0.137. The van der Waals surface area contributed by atoms with E-state index in [-0.39, 0.29) is 10.8 Å². The first kappa shape index (κ1) is 15.4. The van der Waals surface area contributed by atoms with Gasteiger partial charge < -0.3 is 0 Å². The van der Waals surface area contributed by atoms with Crippen molar-refractivity contribution < 1.29 is 18.0 Å². The van der Waals surface area contributed by atoms with Gasteiger partial charge in [0.05, 0.1) is 15.3 Å². The van der Waals surface area contributed by atoms with Crippen molar-refractivity contribution in [3.05, 3.63) is 28.8 Å². The molecular weight excluding hydrogens is 285 g/mol. The van der Waals surface area contributed by atoms with Gasteiger partial charge in [0.15, 0.2) is 0 Å². The molecule has 0 fully saturated rings. The zero-order valence-electron chi connectivity index (χ0n) is 10.1. The molecule has 0 radical (unpaired) electrons. The summed E-state index contributed by atoms with van der Waals surface area (Å²) < 4.78 is 37.2. The minimum atomic E-state index is -4.49. The van der Waals surface area contributed by atoms with Crippen LogP contribution in [0.15, 0.2) is 23.1 Å². The molecule has 0 bridgehead atoms. The normalized spacial score (nSPS) is 12.6. The van der Waals surface area contributed by atoms with Crippen molar-refractivity contribution in [1.29, 1.82) is 0 Å². The molecule has 0 amide bonds. The number of alkyl halides is 3. The number of hydrogen-bond acceptors (Lipinski definition) is 2. The summed E-state index contributed by atoms with van der Waals surface area (Å²) in [6.45, 7) is 4.75. The number of carbonyl (C=O) groups excluding carboxylic acids is 1. The molecule has 0 aliphatic carbocycles. The largest absolute Gasteiger partial charge is 0.417 e. The molecule has 1 nitrogen and oxygen atoms in total. The van der Waals surface area contributed by atoms with Gasteiger partial charge in [-0.15, -0.1) is 11.8 Å². The molecule has 6 heteroatoms. The minimum Gasteiger partial charge on any atom is -0.298 e. The molecular formula is C12H12ClF3OS. The molecule has 100 valence electrons. The highest BCUT2D eigenvalue weighted by atomic mass is 35.5. The highest BCUT2D eigenvalue weighted by Crippen LogP contribution is 2.40. The topological polar surface area (TPSA) is 17.1 Å². The fourth-order valence-corrected chi connectivity index (χ4v) is 2.42. The fraction of sp³-hybridized carbons (Fsp3) is 0.417. The van der Waals surface area contributed by atoms with Crippen LogP contribution in [0.25, 0.3) is 0 Å². The Morgan fingerprint density at radius 3 is 2.28 bits per heavy atom. The quantitative estimate of drug-likeness (QED) is 0.744. The Bertz CT molecular complexity index is 469. The maximum Gasteiger partial charge on any atom is 0.417 e. The molecule has 18 heavy (non-hydrogen) atoms. The van der Waals surface area contributed by atoms with Gasteiger partial charge in [-0.2, -0.15) is 13.2 Å². The molecule has 0 N–H and O–H groups in total. The number of thioether (sulfide) groups is 1. The molecule has 0 unspecified atom stereocenters. The Labute approximate surface area is 113 Å². The van der Waals surface area contributed by atoms with Crippen LogP contribution in [0.2, 0.25) is 5.02 Å². The van der Waals surface area contributed by atoms with Gasteiger partial charge in [0.25, 0.3) is 0 Å². The zero-order valence-corrected chi connectivity index (χ0v) is 11.6. The fourth-order valence-electron chi connectivity index (χ4n) is 1.15. The monoisotopic (exact) mass is 296 g/mol. The SMILES string of the molecule is CC(=O)C(C)(C)Sc1ccc(Cl)c(C(F)(F)F)c1. The van der Waals surface area contributed by atoms with Crippen LogP contribution in [-0.2, 0) is 11.0 Å². The van der Waals surface area contributed by atoms with Crippen LogP contribution in [-0.4, -0.2) is 10.5 Å². The van der Waals surface area contributed by atoms with Crippen molar-refractivity contribution in [3.8, 4) is 0 Å². The van der Waals surface area contributed by atoms with E-state index < -0.39 is 16.5 Å². The first-order chi connectivity index (χ1) is 8.04. The first-order valence-corrected chi connectivity index (χ1v) is 6.30. The molecule has 1 aromatic carbocycles. The summed E-state index contributed by atoms with van der Waals surface area (Å²) in [5, 5.41) is -0.340. The van der Waals surface area contributed by atoms with Gasteiger partial charge in [0, 0.05) is 4.90 Å². The summed E-state index contributed by atoms with van der Waals surface area (Å²) in [5.74, 6) is -0.101. The van der Waals surface area contributed by atoms with Gasteiger partial charge in [0.2, 0.25) is 0 Å². The Balaban J connectivity index is 3.11. The number of benzene rings is 1. The second-order valence-electron chi connectivity index (χ2n) is 4.31. The van der Waals surface area contributed by atoms with E-state index in [0.29, 0.717) is 4.90 Å². The lowest BCUT2D eigenvalue weighted by Crippen LogP contribution is -2.24. The molecule has 0 saturated carbocycles. The summed E-state index contributed by atoms with van der Waals surface area (Å²) in [6, 6.07) is 3.65. The zero-order chi connectivity index (χ0) is 14.1. The number of ketones is 1. The number of halogens is 4. The Hall–Kier alpha value is -0.680. The van der Waals surface area contributed by atoms with E-state index in [1.165, 1.54) is 19.1 Å². The average molecular weight is 297 g/mol. The highest BCUT2D eigenvalue weighted by molar-refractivity contribution is 8.01.